The summed E-state index contributed by atoms with van der Waals surface area (Å²) >= 11 is 0. The van der Waals surface area contributed by atoms with Crippen LogP contribution in [0.5, 0.6) is 0 Å². The Hall–Kier alpha value is -2.20. The predicted molar refractivity (Wildman–Crippen MR) is 149 cm³/mol. The van der Waals surface area contributed by atoms with E-state index in [-0.39, 0.29) is 30.8 Å². The van der Waals surface area contributed by atoms with Gasteiger partial charge >= 0.3 is 5.97 Å². The average Bonchev–Trinajstić information content (AvgIpc) is 3.05. The molecule has 0 heterocycles. The first-order valence-electron chi connectivity index (χ1n) is 14.5. The molecule has 0 aromatic rings. The lowest BCUT2D eigenvalue weighted by Crippen LogP contribution is -2.67. The van der Waals surface area contributed by atoms with E-state index in [1.807, 2.05) is 19.9 Å². The molecule has 4 N–H and O–H groups in total. The molecule has 0 aliphatic heterocycles. The number of ether oxygens (including phenoxy) is 1. The summed E-state index contributed by atoms with van der Waals surface area (Å²) in [7, 11) is 0. The Labute approximate surface area is 242 Å². The number of carbonyl (C=O) groups is 4. The maximum atomic E-state index is 14.4. The fourth-order valence-corrected chi connectivity index (χ4v) is 9.43. The van der Waals surface area contributed by atoms with Gasteiger partial charge in [-0.05, 0) is 62.5 Å². The Balaban J connectivity index is 1.78. The number of hydrogen-bond acceptors (Lipinski definition) is 9. The summed E-state index contributed by atoms with van der Waals surface area (Å²) in [4.78, 5) is 52.2. The van der Waals surface area contributed by atoms with E-state index in [9.17, 15) is 39.6 Å². The van der Waals surface area contributed by atoms with Crippen LogP contribution in [0.1, 0.15) is 81.1 Å². The van der Waals surface area contributed by atoms with Crippen molar-refractivity contribution in [2.45, 2.75) is 104 Å². The third kappa shape index (κ3) is 4.33. The van der Waals surface area contributed by atoms with Crippen molar-refractivity contribution >= 4 is 23.3 Å². The summed E-state index contributed by atoms with van der Waals surface area (Å²) in [5, 5.41) is 45.0. The quantitative estimate of drug-likeness (QED) is 0.212. The molecular weight excluding hydrogens is 528 g/mol. The van der Waals surface area contributed by atoms with Crippen LogP contribution < -0.4 is 0 Å². The number of hydrogen-bond donors (Lipinski definition) is 4. The van der Waals surface area contributed by atoms with Crippen LogP contribution in [-0.4, -0.2) is 73.8 Å². The van der Waals surface area contributed by atoms with E-state index in [0.717, 1.165) is 11.6 Å². The highest BCUT2D eigenvalue weighted by molar-refractivity contribution is 5.97. The van der Waals surface area contributed by atoms with Gasteiger partial charge in [0.15, 0.2) is 11.6 Å². The monoisotopic (exact) mass is 574 g/mol. The van der Waals surface area contributed by atoms with Crippen molar-refractivity contribution in [3.05, 3.63) is 23.8 Å². The van der Waals surface area contributed by atoms with Crippen LogP contribution >= 0.6 is 0 Å². The zero-order valence-corrected chi connectivity index (χ0v) is 25.5. The fraction of sp³-hybridized carbons (Fsp3) is 0.750. The highest BCUT2D eigenvalue weighted by atomic mass is 16.6. The van der Waals surface area contributed by atoms with Gasteiger partial charge in [0.1, 0.15) is 23.1 Å². The molecule has 0 radical (unpaired) electrons. The molecule has 9 nitrogen and oxygen atoms in total. The molecule has 4 aliphatic rings. The number of esters is 1. The first-order valence-corrected chi connectivity index (χ1v) is 14.5. The number of aliphatic hydroxyl groups is 4. The molecule has 9 heteroatoms. The van der Waals surface area contributed by atoms with Crippen LogP contribution in [-0.2, 0) is 23.9 Å². The molecule has 41 heavy (non-hydrogen) atoms. The lowest BCUT2D eigenvalue weighted by atomic mass is 9.38. The lowest BCUT2D eigenvalue weighted by molar-refractivity contribution is -0.191. The minimum atomic E-state index is -2.06. The van der Waals surface area contributed by atoms with E-state index in [0.29, 0.717) is 6.42 Å². The molecular formula is C32H46O9. The maximum absolute atomic E-state index is 14.4. The number of ketones is 3. The summed E-state index contributed by atoms with van der Waals surface area (Å²) in [5.74, 6) is -3.89. The van der Waals surface area contributed by atoms with Crippen molar-refractivity contribution in [1.29, 1.82) is 0 Å². The predicted octanol–water partition coefficient (Wildman–Crippen LogP) is 2.47. The topological polar surface area (TPSA) is 158 Å². The normalized spacial score (nSPS) is 41.7. The first kappa shape index (κ1) is 31.7. The number of Topliss-reactive ketones (excluding diaryl/α,β-unsaturated/α-hetero) is 2. The Morgan fingerprint density at radius 2 is 1.71 bits per heavy atom. The largest absolute Gasteiger partial charge is 0.456 e. The van der Waals surface area contributed by atoms with E-state index >= 15 is 0 Å². The standard InChI is InChI=1S/C32H46O9/c1-17(34)41-27(2,3)12-11-23(37)31(8,40)25-21(36)14-29(6)22-10-9-18-19(13-20(35)26(39)28(18,4)5)32(22,16-33)24(38)15-30(25,29)7/h9,11-12,19,21-22,25-26,33,36,39-40H,10,13-16H2,1-8H3/b12-11+/t19-,21-,22+,25?,26-,29+,30-,31+,32+/m1/s1. The first-order chi connectivity index (χ1) is 18.6. The van der Waals surface area contributed by atoms with Crippen LogP contribution in [0.2, 0.25) is 0 Å². The van der Waals surface area contributed by atoms with Crippen LogP contribution in [0.25, 0.3) is 0 Å². The van der Waals surface area contributed by atoms with Crippen molar-refractivity contribution in [1.82, 2.24) is 0 Å². The molecule has 0 amide bonds. The van der Waals surface area contributed by atoms with Crippen molar-refractivity contribution in [2.24, 2.45) is 39.4 Å². The Morgan fingerprint density at radius 3 is 2.27 bits per heavy atom. The zero-order chi connectivity index (χ0) is 31.1. The van der Waals surface area contributed by atoms with Crippen LogP contribution in [0.15, 0.2) is 23.8 Å². The van der Waals surface area contributed by atoms with Gasteiger partial charge in [-0.3, -0.25) is 19.2 Å². The number of carbonyl (C=O) groups excluding carboxylic acids is 4. The molecule has 0 aromatic carbocycles. The van der Waals surface area contributed by atoms with E-state index in [4.69, 9.17) is 4.74 Å². The lowest BCUT2D eigenvalue weighted by Gasteiger charge is -2.64. The number of allylic oxidation sites excluding steroid dienone is 1. The summed E-state index contributed by atoms with van der Waals surface area (Å²) < 4.78 is 5.22. The molecule has 3 saturated carbocycles. The summed E-state index contributed by atoms with van der Waals surface area (Å²) in [6, 6.07) is 0. The van der Waals surface area contributed by atoms with Crippen molar-refractivity contribution < 1.29 is 44.3 Å². The van der Waals surface area contributed by atoms with Crippen molar-refractivity contribution in [3.8, 4) is 0 Å². The molecule has 4 rings (SSSR count). The second-order valence-electron chi connectivity index (χ2n) is 14.7. The molecule has 0 spiro atoms. The minimum Gasteiger partial charge on any atom is -0.456 e. The number of rotatable bonds is 6. The molecule has 228 valence electrons. The summed E-state index contributed by atoms with van der Waals surface area (Å²) in [5.41, 5.74) is -6.35. The summed E-state index contributed by atoms with van der Waals surface area (Å²) in [6.45, 7) is 12.7. The van der Waals surface area contributed by atoms with E-state index in [2.05, 4.69) is 0 Å². The Morgan fingerprint density at radius 1 is 1.10 bits per heavy atom. The molecule has 0 saturated heterocycles. The fourth-order valence-electron chi connectivity index (χ4n) is 9.43. The van der Waals surface area contributed by atoms with Crippen LogP contribution in [0, 0.1) is 39.4 Å². The maximum Gasteiger partial charge on any atom is 0.303 e. The van der Waals surface area contributed by atoms with Crippen LogP contribution in [0.3, 0.4) is 0 Å². The SMILES string of the molecule is CC(=O)OC(C)(C)/C=C/C(=O)[C@](C)(O)C1[C@H](O)C[C@@]2(C)[C@@H]3CC=C4[C@@H](CC(=O)[C@@H](O)C4(C)C)[C@]3(CO)C(=O)C[C@]12C. The average molecular weight is 575 g/mol. The third-order valence-corrected chi connectivity index (χ3v) is 11.6. The molecule has 1 unspecified atom stereocenters. The van der Waals surface area contributed by atoms with Crippen molar-refractivity contribution in [3.63, 3.8) is 0 Å². The molecule has 0 bridgehead atoms. The van der Waals surface area contributed by atoms with Gasteiger partial charge in [-0.1, -0.05) is 39.3 Å². The van der Waals surface area contributed by atoms with E-state index < -0.39 is 81.2 Å². The molecule has 3 fully saturated rings. The summed E-state index contributed by atoms with van der Waals surface area (Å²) in [6.07, 6.45) is 2.64. The van der Waals surface area contributed by atoms with Gasteiger partial charge in [0, 0.05) is 37.0 Å². The molecule has 9 atom stereocenters. The van der Waals surface area contributed by atoms with Gasteiger partial charge in [0.05, 0.1) is 18.1 Å². The minimum absolute atomic E-state index is 0.0584. The molecule has 4 aliphatic carbocycles. The number of fused-ring (bicyclic) bond motifs is 5. The third-order valence-electron chi connectivity index (χ3n) is 11.6. The van der Waals surface area contributed by atoms with Crippen molar-refractivity contribution in [2.75, 3.05) is 6.61 Å². The van der Waals surface area contributed by atoms with Gasteiger partial charge in [0.2, 0.25) is 0 Å². The second-order valence-corrected chi connectivity index (χ2v) is 14.7. The zero-order valence-electron chi connectivity index (χ0n) is 25.5. The Bertz CT molecular complexity index is 1230. The van der Waals surface area contributed by atoms with E-state index in [1.54, 1.807) is 27.7 Å². The second kappa shape index (κ2) is 9.66. The van der Waals surface area contributed by atoms with Gasteiger partial charge in [-0.15, -0.1) is 0 Å². The van der Waals surface area contributed by atoms with E-state index in [1.165, 1.54) is 19.9 Å². The van der Waals surface area contributed by atoms with Crippen LogP contribution in [0.4, 0.5) is 0 Å². The highest BCUT2D eigenvalue weighted by Gasteiger charge is 2.75. The van der Waals surface area contributed by atoms with Gasteiger partial charge in [-0.25, -0.2) is 0 Å². The smallest absolute Gasteiger partial charge is 0.303 e. The van der Waals surface area contributed by atoms with Gasteiger partial charge in [-0.2, -0.15) is 0 Å². The number of aliphatic hydroxyl groups excluding tert-OH is 3. The van der Waals surface area contributed by atoms with Gasteiger partial charge in [0.25, 0.3) is 0 Å². The highest BCUT2D eigenvalue weighted by Crippen LogP contribution is 2.74. The van der Waals surface area contributed by atoms with Gasteiger partial charge < -0.3 is 25.2 Å². The molecule has 0 aromatic heterocycles. The Kier molecular flexibility index (Phi) is 7.47.